The van der Waals surface area contributed by atoms with Gasteiger partial charge in [-0.25, -0.2) is 9.18 Å². The summed E-state index contributed by atoms with van der Waals surface area (Å²) in [5.41, 5.74) is 0.331. The fourth-order valence-corrected chi connectivity index (χ4v) is 1.12. The van der Waals surface area contributed by atoms with E-state index in [1.54, 1.807) is 0 Å². The fourth-order valence-electron chi connectivity index (χ4n) is 1.12. The summed E-state index contributed by atoms with van der Waals surface area (Å²) in [4.78, 5) is 21.5. The van der Waals surface area contributed by atoms with Crippen molar-refractivity contribution < 1.29 is 19.1 Å². The Morgan fingerprint density at radius 3 is 2.69 bits per heavy atom. The standard InChI is InChI=1S/C11H10FNO3/c1-13-11(16)8-6-7(2-4-9(8)12)3-5-10(14)15/h2-6H,1H3,(H,13,16)(H,14,15). The van der Waals surface area contributed by atoms with E-state index < -0.39 is 17.7 Å². The summed E-state index contributed by atoms with van der Waals surface area (Å²) in [5, 5.41) is 10.7. The van der Waals surface area contributed by atoms with Crippen LogP contribution < -0.4 is 5.32 Å². The minimum absolute atomic E-state index is 0.116. The predicted octanol–water partition coefficient (Wildman–Crippen LogP) is 1.28. The third-order valence-electron chi connectivity index (χ3n) is 1.88. The summed E-state index contributed by atoms with van der Waals surface area (Å²) in [6.45, 7) is 0. The molecule has 1 rings (SSSR count). The molecular formula is C11H10FNO3. The quantitative estimate of drug-likeness (QED) is 0.758. The number of nitrogens with one attached hydrogen (secondary N) is 1. The number of amides is 1. The van der Waals surface area contributed by atoms with Gasteiger partial charge in [0.1, 0.15) is 5.82 Å². The molecule has 0 fully saturated rings. The molecule has 4 nitrogen and oxygen atoms in total. The van der Waals surface area contributed by atoms with Gasteiger partial charge in [0.2, 0.25) is 0 Å². The number of halogens is 1. The Morgan fingerprint density at radius 2 is 2.12 bits per heavy atom. The molecule has 0 bridgehead atoms. The molecule has 0 aromatic heterocycles. The van der Waals surface area contributed by atoms with Gasteiger partial charge in [0.15, 0.2) is 0 Å². The smallest absolute Gasteiger partial charge is 0.328 e. The van der Waals surface area contributed by atoms with Gasteiger partial charge in [-0.1, -0.05) is 6.07 Å². The molecule has 1 aromatic carbocycles. The highest BCUT2D eigenvalue weighted by molar-refractivity contribution is 5.95. The predicted molar refractivity (Wildman–Crippen MR) is 56.5 cm³/mol. The number of benzene rings is 1. The van der Waals surface area contributed by atoms with Crippen LogP contribution in [-0.2, 0) is 4.79 Å². The average Bonchev–Trinajstić information content (AvgIpc) is 2.27. The van der Waals surface area contributed by atoms with E-state index in [4.69, 9.17) is 5.11 Å². The Morgan fingerprint density at radius 1 is 1.44 bits per heavy atom. The molecule has 0 aliphatic heterocycles. The first-order valence-corrected chi connectivity index (χ1v) is 4.47. The van der Waals surface area contributed by atoms with Crippen LogP contribution in [0.1, 0.15) is 15.9 Å². The first kappa shape index (κ1) is 11.9. The maximum Gasteiger partial charge on any atom is 0.328 e. The van der Waals surface area contributed by atoms with Gasteiger partial charge in [-0.3, -0.25) is 4.79 Å². The van der Waals surface area contributed by atoms with Crippen molar-refractivity contribution in [2.45, 2.75) is 0 Å². The highest BCUT2D eigenvalue weighted by Crippen LogP contribution is 2.11. The van der Waals surface area contributed by atoms with Crippen LogP contribution in [0.15, 0.2) is 24.3 Å². The Balaban J connectivity index is 3.07. The summed E-state index contributed by atoms with van der Waals surface area (Å²) in [7, 11) is 1.39. The van der Waals surface area contributed by atoms with Crippen LogP contribution in [0.5, 0.6) is 0 Å². The van der Waals surface area contributed by atoms with Gasteiger partial charge in [-0.05, 0) is 23.8 Å². The topological polar surface area (TPSA) is 66.4 Å². The largest absolute Gasteiger partial charge is 0.478 e. The molecule has 0 atom stereocenters. The second kappa shape index (κ2) is 5.06. The van der Waals surface area contributed by atoms with E-state index >= 15 is 0 Å². The van der Waals surface area contributed by atoms with E-state index in [1.807, 2.05) is 0 Å². The summed E-state index contributed by atoms with van der Waals surface area (Å²) < 4.78 is 13.2. The molecule has 5 heteroatoms. The lowest BCUT2D eigenvalue weighted by atomic mass is 10.1. The summed E-state index contributed by atoms with van der Waals surface area (Å²) >= 11 is 0. The Hall–Kier alpha value is -2.17. The molecular weight excluding hydrogens is 213 g/mol. The van der Waals surface area contributed by atoms with Crippen LogP contribution in [0.3, 0.4) is 0 Å². The van der Waals surface area contributed by atoms with E-state index in [1.165, 1.54) is 25.3 Å². The zero-order valence-electron chi connectivity index (χ0n) is 8.53. The molecule has 0 radical (unpaired) electrons. The molecule has 1 aromatic rings. The first-order chi connectivity index (χ1) is 7.54. The van der Waals surface area contributed by atoms with Crippen molar-refractivity contribution >= 4 is 18.0 Å². The number of hydrogen-bond donors (Lipinski definition) is 2. The van der Waals surface area contributed by atoms with Crippen molar-refractivity contribution in [2.24, 2.45) is 0 Å². The first-order valence-electron chi connectivity index (χ1n) is 4.47. The van der Waals surface area contributed by atoms with Gasteiger partial charge < -0.3 is 10.4 Å². The Kier molecular flexibility index (Phi) is 3.77. The van der Waals surface area contributed by atoms with Gasteiger partial charge in [-0.15, -0.1) is 0 Å². The van der Waals surface area contributed by atoms with Crippen LogP contribution in [0.2, 0.25) is 0 Å². The summed E-state index contributed by atoms with van der Waals surface area (Å²) in [6, 6.07) is 3.79. The van der Waals surface area contributed by atoms with Crippen molar-refractivity contribution in [3.63, 3.8) is 0 Å². The van der Waals surface area contributed by atoms with Gasteiger partial charge in [0.25, 0.3) is 5.91 Å². The lowest BCUT2D eigenvalue weighted by molar-refractivity contribution is -0.131. The van der Waals surface area contributed by atoms with E-state index in [0.717, 1.165) is 12.1 Å². The van der Waals surface area contributed by atoms with Crippen LogP contribution in [0.4, 0.5) is 4.39 Å². The maximum absolute atomic E-state index is 13.2. The number of carbonyl (C=O) groups excluding carboxylic acids is 1. The molecule has 0 aliphatic rings. The summed E-state index contributed by atoms with van der Waals surface area (Å²) in [5.74, 6) is -2.30. The van der Waals surface area contributed by atoms with Crippen LogP contribution in [0.25, 0.3) is 6.08 Å². The van der Waals surface area contributed by atoms with Gasteiger partial charge >= 0.3 is 5.97 Å². The zero-order chi connectivity index (χ0) is 12.1. The fraction of sp³-hybridized carbons (Fsp3) is 0.0909. The lowest BCUT2D eigenvalue weighted by Crippen LogP contribution is -2.19. The number of carboxylic acids is 1. The van der Waals surface area contributed by atoms with E-state index in [2.05, 4.69) is 5.32 Å². The molecule has 0 unspecified atom stereocenters. The van der Waals surface area contributed by atoms with Crippen molar-refractivity contribution in [3.8, 4) is 0 Å². The van der Waals surface area contributed by atoms with Crippen molar-refractivity contribution in [2.75, 3.05) is 7.05 Å². The highest BCUT2D eigenvalue weighted by Gasteiger charge is 2.09. The van der Waals surface area contributed by atoms with E-state index in [9.17, 15) is 14.0 Å². The third kappa shape index (κ3) is 2.91. The van der Waals surface area contributed by atoms with Crippen molar-refractivity contribution in [3.05, 3.63) is 41.2 Å². The van der Waals surface area contributed by atoms with Crippen LogP contribution in [-0.4, -0.2) is 24.0 Å². The number of rotatable bonds is 3. The van der Waals surface area contributed by atoms with Crippen LogP contribution in [0, 0.1) is 5.82 Å². The molecule has 0 aliphatic carbocycles. The maximum atomic E-state index is 13.2. The molecule has 0 heterocycles. The molecule has 0 spiro atoms. The van der Waals surface area contributed by atoms with E-state index in [0.29, 0.717) is 5.56 Å². The average molecular weight is 223 g/mol. The van der Waals surface area contributed by atoms with Crippen LogP contribution >= 0.6 is 0 Å². The molecule has 2 N–H and O–H groups in total. The Labute approximate surface area is 91.4 Å². The third-order valence-corrected chi connectivity index (χ3v) is 1.88. The SMILES string of the molecule is CNC(=O)c1cc(C=CC(=O)O)ccc1F. The molecule has 0 saturated heterocycles. The van der Waals surface area contributed by atoms with Gasteiger partial charge in [0, 0.05) is 13.1 Å². The second-order valence-corrected chi connectivity index (χ2v) is 2.99. The number of hydrogen-bond acceptors (Lipinski definition) is 2. The highest BCUT2D eigenvalue weighted by atomic mass is 19.1. The molecule has 84 valence electrons. The minimum atomic E-state index is -1.11. The second-order valence-electron chi connectivity index (χ2n) is 2.99. The molecule has 0 saturated carbocycles. The summed E-state index contributed by atoms with van der Waals surface area (Å²) in [6.07, 6.45) is 2.20. The van der Waals surface area contributed by atoms with Crippen molar-refractivity contribution in [1.82, 2.24) is 5.32 Å². The Bertz CT molecular complexity index is 455. The van der Waals surface area contributed by atoms with Crippen molar-refractivity contribution in [1.29, 1.82) is 0 Å². The molecule has 1 amide bonds. The monoisotopic (exact) mass is 223 g/mol. The lowest BCUT2D eigenvalue weighted by Gasteiger charge is -2.02. The number of aliphatic carboxylic acids is 1. The minimum Gasteiger partial charge on any atom is -0.478 e. The van der Waals surface area contributed by atoms with Gasteiger partial charge in [0.05, 0.1) is 5.56 Å². The molecule has 16 heavy (non-hydrogen) atoms. The normalized spacial score (nSPS) is 10.4. The van der Waals surface area contributed by atoms with E-state index in [-0.39, 0.29) is 5.56 Å². The number of carboxylic acid groups (broad SMARTS) is 1. The number of carbonyl (C=O) groups is 2. The van der Waals surface area contributed by atoms with Gasteiger partial charge in [-0.2, -0.15) is 0 Å². The zero-order valence-corrected chi connectivity index (χ0v) is 8.53.